The van der Waals surface area contributed by atoms with Gasteiger partial charge in [0.15, 0.2) is 0 Å². The largest absolute Gasteiger partial charge is 0.381 e. The molecule has 1 aliphatic rings. The second-order valence-electron chi connectivity index (χ2n) is 5.71. The summed E-state index contributed by atoms with van der Waals surface area (Å²) in [5.74, 6) is -1.93. The fraction of sp³-hybridized carbons (Fsp3) is 0.278. The average molecular weight is 396 g/mol. The van der Waals surface area contributed by atoms with Crippen molar-refractivity contribution in [2.45, 2.75) is 13.0 Å². The second kappa shape index (κ2) is 7.40. The highest BCUT2D eigenvalue weighted by molar-refractivity contribution is 9.10. The molecule has 1 saturated heterocycles. The van der Waals surface area contributed by atoms with Crippen molar-refractivity contribution in [2.24, 2.45) is 5.92 Å². The third kappa shape index (κ3) is 3.82. The third-order valence-electron chi connectivity index (χ3n) is 4.00. The molecule has 2 aromatic rings. The lowest BCUT2D eigenvalue weighted by Gasteiger charge is -2.26. The number of hydrogen-bond donors (Lipinski definition) is 0. The summed E-state index contributed by atoms with van der Waals surface area (Å²) in [6.45, 7) is 1.07. The van der Waals surface area contributed by atoms with Crippen LogP contribution in [0.1, 0.15) is 12.0 Å². The van der Waals surface area contributed by atoms with Gasteiger partial charge in [-0.15, -0.1) is 0 Å². The first kappa shape index (κ1) is 17.0. The zero-order valence-corrected chi connectivity index (χ0v) is 14.4. The zero-order valence-electron chi connectivity index (χ0n) is 12.8. The van der Waals surface area contributed by atoms with Crippen molar-refractivity contribution >= 4 is 27.5 Å². The van der Waals surface area contributed by atoms with E-state index in [2.05, 4.69) is 15.9 Å². The zero-order chi connectivity index (χ0) is 17.1. The van der Waals surface area contributed by atoms with Crippen LogP contribution in [-0.4, -0.2) is 19.1 Å². The van der Waals surface area contributed by atoms with Crippen LogP contribution < -0.4 is 4.90 Å². The van der Waals surface area contributed by atoms with E-state index >= 15 is 0 Å². The van der Waals surface area contributed by atoms with Gasteiger partial charge in [0.25, 0.3) is 0 Å². The number of amides is 1. The summed E-state index contributed by atoms with van der Waals surface area (Å²) in [4.78, 5) is 14.2. The predicted octanol–water partition coefficient (Wildman–Crippen LogP) is 4.30. The molecule has 1 fully saturated rings. The predicted molar refractivity (Wildman–Crippen MR) is 90.6 cm³/mol. The maximum atomic E-state index is 14.2. The maximum absolute atomic E-state index is 14.2. The summed E-state index contributed by atoms with van der Waals surface area (Å²) in [6.07, 6.45) is 0.610. The Labute approximate surface area is 147 Å². The van der Waals surface area contributed by atoms with E-state index in [1.807, 2.05) is 24.3 Å². The van der Waals surface area contributed by atoms with Crippen molar-refractivity contribution < 1.29 is 18.3 Å². The number of carbonyl (C=O) groups excluding carboxylic acids is 1. The molecule has 0 bridgehead atoms. The summed E-state index contributed by atoms with van der Waals surface area (Å²) in [6, 6.07) is 10.7. The Kier molecular flexibility index (Phi) is 5.26. The number of halogens is 3. The van der Waals surface area contributed by atoms with E-state index in [4.69, 9.17) is 4.74 Å². The molecule has 6 heteroatoms. The lowest BCUT2D eigenvalue weighted by atomic mass is 10.1. The fourth-order valence-electron chi connectivity index (χ4n) is 2.70. The second-order valence-corrected chi connectivity index (χ2v) is 6.62. The Morgan fingerprint density at radius 1 is 1.21 bits per heavy atom. The van der Waals surface area contributed by atoms with Gasteiger partial charge in [0.1, 0.15) is 11.6 Å². The van der Waals surface area contributed by atoms with E-state index < -0.39 is 11.6 Å². The van der Waals surface area contributed by atoms with Gasteiger partial charge in [-0.1, -0.05) is 28.1 Å². The highest BCUT2D eigenvalue weighted by Crippen LogP contribution is 2.27. The Morgan fingerprint density at radius 3 is 2.58 bits per heavy atom. The van der Waals surface area contributed by atoms with Crippen LogP contribution in [-0.2, 0) is 16.1 Å². The number of rotatable bonds is 4. The van der Waals surface area contributed by atoms with Crippen LogP contribution in [0.3, 0.4) is 0 Å². The molecule has 1 aliphatic heterocycles. The SMILES string of the molecule is O=C(C1CCOC1)N(Cc1ccc(Br)cc1)c1ccc(F)cc1F. The quantitative estimate of drug-likeness (QED) is 0.772. The van der Waals surface area contributed by atoms with Crippen LogP contribution in [0.2, 0.25) is 0 Å². The van der Waals surface area contributed by atoms with Gasteiger partial charge in [-0.3, -0.25) is 4.79 Å². The molecule has 126 valence electrons. The molecule has 3 rings (SSSR count). The smallest absolute Gasteiger partial charge is 0.232 e. The number of ether oxygens (including phenoxy) is 1. The molecular formula is C18H16BrF2NO2. The van der Waals surface area contributed by atoms with Crippen LogP contribution in [0.4, 0.5) is 14.5 Å². The summed E-state index contributed by atoms with van der Waals surface area (Å²) >= 11 is 3.36. The van der Waals surface area contributed by atoms with Crippen molar-refractivity contribution in [1.29, 1.82) is 0 Å². The van der Waals surface area contributed by atoms with Gasteiger partial charge < -0.3 is 9.64 Å². The molecule has 0 spiro atoms. The highest BCUT2D eigenvalue weighted by Gasteiger charge is 2.30. The molecule has 1 amide bonds. The normalized spacial score (nSPS) is 17.0. The Bertz CT molecular complexity index is 730. The summed E-state index contributed by atoms with van der Waals surface area (Å²) < 4.78 is 33.6. The molecule has 0 aromatic heterocycles. The van der Waals surface area contributed by atoms with Gasteiger partial charge in [0.2, 0.25) is 5.91 Å². The first-order chi connectivity index (χ1) is 11.5. The number of nitrogens with zero attached hydrogens (tertiary/aromatic N) is 1. The number of anilines is 1. The van der Waals surface area contributed by atoms with Gasteiger partial charge in [-0.25, -0.2) is 8.78 Å². The first-order valence-electron chi connectivity index (χ1n) is 7.63. The highest BCUT2D eigenvalue weighted by atomic mass is 79.9. The van der Waals surface area contributed by atoms with Crippen molar-refractivity contribution in [3.8, 4) is 0 Å². The van der Waals surface area contributed by atoms with Crippen LogP contribution in [0, 0.1) is 17.6 Å². The van der Waals surface area contributed by atoms with Crippen molar-refractivity contribution in [1.82, 2.24) is 0 Å². The lowest BCUT2D eigenvalue weighted by molar-refractivity contribution is -0.122. The van der Waals surface area contributed by atoms with Crippen molar-refractivity contribution in [2.75, 3.05) is 18.1 Å². The number of hydrogen-bond acceptors (Lipinski definition) is 2. The maximum Gasteiger partial charge on any atom is 0.232 e. The molecular weight excluding hydrogens is 380 g/mol. The van der Waals surface area contributed by atoms with Crippen molar-refractivity contribution in [3.63, 3.8) is 0 Å². The molecule has 1 heterocycles. The monoisotopic (exact) mass is 395 g/mol. The van der Waals surface area contributed by atoms with Gasteiger partial charge >= 0.3 is 0 Å². The Hall–Kier alpha value is -1.79. The molecule has 0 saturated carbocycles. The van der Waals surface area contributed by atoms with Crippen molar-refractivity contribution in [3.05, 3.63) is 64.1 Å². The molecule has 24 heavy (non-hydrogen) atoms. The van der Waals surface area contributed by atoms with Crippen LogP contribution in [0.5, 0.6) is 0 Å². The van der Waals surface area contributed by atoms with Crippen LogP contribution in [0.25, 0.3) is 0 Å². The molecule has 0 N–H and O–H groups in total. The Balaban J connectivity index is 1.93. The average Bonchev–Trinajstić information content (AvgIpc) is 3.09. The topological polar surface area (TPSA) is 29.5 Å². The molecule has 2 aromatic carbocycles. The molecule has 0 aliphatic carbocycles. The summed E-state index contributed by atoms with van der Waals surface area (Å²) in [5.41, 5.74) is 0.936. The summed E-state index contributed by atoms with van der Waals surface area (Å²) in [7, 11) is 0. The van der Waals surface area contributed by atoms with Gasteiger partial charge in [-0.2, -0.15) is 0 Å². The number of carbonyl (C=O) groups is 1. The van der Waals surface area contributed by atoms with Gasteiger partial charge in [-0.05, 0) is 36.2 Å². The third-order valence-corrected chi connectivity index (χ3v) is 4.53. The van der Waals surface area contributed by atoms with E-state index in [9.17, 15) is 13.6 Å². The molecule has 1 unspecified atom stereocenters. The Morgan fingerprint density at radius 2 is 1.96 bits per heavy atom. The molecule has 0 radical (unpaired) electrons. The minimum absolute atomic E-state index is 0.0798. The van der Waals surface area contributed by atoms with Gasteiger partial charge in [0, 0.05) is 17.1 Å². The number of benzene rings is 2. The van der Waals surface area contributed by atoms with E-state index in [-0.39, 0.29) is 24.1 Å². The van der Waals surface area contributed by atoms with Crippen LogP contribution >= 0.6 is 15.9 Å². The van der Waals surface area contributed by atoms with E-state index in [1.54, 1.807) is 0 Å². The minimum Gasteiger partial charge on any atom is -0.381 e. The van der Waals surface area contributed by atoms with E-state index in [1.165, 1.54) is 11.0 Å². The standard InChI is InChI=1S/C18H16BrF2NO2/c19-14-3-1-12(2-4-14)10-22(18(23)13-7-8-24-11-13)17-6-5-15(20)9-16(17)21/h1-6,9,13H,7-8,10-11H2. The van der Waals surface area contributed by atoms with Crippen LogP contribution in [0.15, 0.2) is 46.9 Å². The summed E-state index contributed by atoms with van der Waals surface area (Å²) in [5, 5.41) is 0. The lowest BCUT2D eigenvalue weighted by Crippen LogP contribution is -2.36. The van der Waals surface area contributed by atoms with E-state index in [0.717, 1.165) is 22.2 Å². The molecule has 3 nitrogen and oxygen atoms in total. The fourth-order valence-corrected chi connectivity index (χ4v) is 2.97. The van der Waals surface area contributed by atoms with E-state index in [0.29, 0.717) is 19.6 Å². The minimum atomic E-state index is -0.751. The first-order valence-corrected chi connectivity index (χ1v) is 8.42. The van der Waals surface area contributed by atoms with Gasteiger partial charge in [0.05, 0.1) is 24.8 Å². The molecule has 1 atom stereocenters.